The Morgan fingerprint density at radius 2 is 1.90 bits per heavy atom. The molecule has 1 N–H and O–H groups in total. The largest absolute Gasteiger partial charge is 0.496 e. The molecule has 30 heavy (non-hydrogen) atoms. The normalized spacial score (nSPS) is 19.9. The number of hydrogen-bond donors (Lipinski definition) is 1. The van der Waals surface area contributed by atoms with E-state index in [2.05, 4.69) is 39.4 Å². The van der Waals surface area contributed by atoms with Crippen molar-refractivity contribution in [3.8, 4) is 5.75 Å². The first-order valence-corrected chi connectivity index (χ1v) is 10.8. The smallest absolute Gasteiger partial charge is 0.234 e. The van der Waals surface area contributed by atoms with Crippen LogP contribution in [0.4, 0.5) is 4.39 Å². The van der Waals surface area contributed by atoms with Crippen LogP contribution in [0.1, 0.15) is 35.6 Å². The van der Waals surface area contributed by atoms with Crippen molar-refractivity contribution in [2.45, 2.75) is 31.8 Å². The van der Waals surface area contributed by atoms with Crippen LogP contribution in [0, 0.1) is 5.82 Å². The van der Waals surface area contributed by atoms with Gasteiger partial charge in [-0.2, -0.15) is 0 Å². The van der Waals surface area contributed by atoms with E-state index in [1.54, 1.807) is 19.2 Å². The Morgan fingerprint density at radius 3 is 2.70 bits per heavy atom. The maximum Gasteiger partial charge on any atom is 0.234 e. The fraction of sp³-hybridized carbons (Fsp3) is 0.458. The second kappa shape index (κ2) is 9.58. The first kappa shape index (κ1) is 20.8. The second-order valence-corrected chi connectivity index (χ2v) is 8.22. The molecule has 6 heteroatoms. The van der Waals surface area contributed by atoms with E-state index in [4.69, 9.17) is 4.74 Å². The number of ether oxygens (including phenoxy) is 1. The van der Waals surface area contributed by atoms with Gasteiger partial charge in [0.1, 0.15) is 11.6 Å². The monoisotopic (exact) mass is 411 g/mol. The molecule has 4 rings (SSSR count). The van der Waals surface area contributed by atoms with Crippen LogP contribution in [0.5, 0.6) is 5.75 Å². The highest BCUT2D eigenvalue weighted by molar-refractivity contribution is 5.78. The van der Waals surface area contributed by atoms with Crippen LogP contribution in [0.25, 0.3) is 0 Å². The highest BCUT2D eigenvalue weighted by Crippen LogP contribution is 2.29. The molecule has 1 heterocycles. The quantitative estimate of drug-likeness (QED) is 0.793. The van der Waals surface area contributed by atoms with Gasteiger partial charge in [0.25, 0.3) is 0 Å². The third kappa shape index (κ3) is 4.99. The van der Waals surface area contributed by atoms with Crippen LogP contribution in [-0.4, -0.2) is 55.5 Å². The van der Waals surface area contributed by atoms with Gasteiger partial charge in [-0.25, -0.2) is 4.39 Å². The minimum atomic E-state index is -0.245. The molecule has 1 aliphatic heterocycles. The van der Waals surface area contributed by atoms with Crippen molar-refractivity contribution in [1.82, 2.24) is 15.1 Å². The molecule has 0 unspecified atom stereocenters. The zero-order valence-electron chi connectivity index (χ0n) is 17.6. The summed E-state index contributed by atoms with van der Waals surface area (Å²) in [6.45, 7) is 4.42. The molecule has 1 amide bonds. The highest BCUT2D eigenvalue weighted by atomic mass is 19.1. The highest BCUT2D eigenvalue weighted by Gasteiger charge is 2.24. The maximum atomic E-state index is 13.6. The topological polar surface area (TPSA) is 44.8 Å². The molecule has 2 aliphatic rings. The minimum absolute atomic E-state index is 0.0944. The zero-order chi connectivity index (χ0) is 20.9. The molecule has 0 spiro atoms. The summed E-state index contributed by atoms with van der Waals surface area (Å²) in [6.07, 6.45) is 3.22. The van der Waals surface area contributed by atoms with E-state index < -0.39 is 0 Å². The van der Waals surface area contributed by atoms with Gasteiger partial charge < -0.3 is 10.1 Å². The number of benzene rings is 2. The molecule has 1 atom stereocenters. The number of piperazine rings is 1. The number of carbonyl (C=O) groups excluding carboxylic acids is 1. The van der Waals surface area contributed by atoms with Gasteiger partial charge in [-0.05, 0) is 48.6 Å². The van der Waals surface area contributed by atoms with Gasteiger partial charge in [0, 0.05) is 38.3 Å². The minimum Gasteiger partial charge on any atom is -0.496 e. The van der Waals surface area contributed by atoms with E-state index in [0.29, 0.717) is 18.8 Å². The van der Waals surface area contributed by atoms with E-state index >= 15 is 0 Å². The predicted octanol–water partition coefficient (Wildman–Crippen LogP) is 3.15. The Hall–Kier alpha value is -2.44. The lowest BCUT2D eigenvalue weighted by Crippen LogP contribution is -2.49. The lowest BCUT2D eigenvalue weighted by atomic mass is 9.88. The lowest BCUT2D eigenvalue weighted by Gasteiger charge is -2.35. The Labute approximate surface area is 177 Å². The van der Waals surface area contributed by atoms with Gasteiger partial charge in [0.15, 0.2) is 0 Å². The van der Waals surface area contributed by atoms with Crippen LogP contribution in [0.15, 0.2) is 42.5 Å². The van der Waals surface area contributed by atoms with E-state index in [9.17, 15) is 9.18 Å². The average molecular weight is 412 g/mol. The van der Waals surface area contributed by atoms with E-state index in [1.807, 2.05) is 0 Å². The molecule has 0 bridgehead atoms. The van der Waals surface area contributed by atoms with E-state index in [1.165, 1.54) is 17.2 Å². The number of nitrogens with one attached hydrogen (secondary N) is 1. The third-order valence-corrected chi connectivity index (χ3v) is 6.17. The molecule has 160 valence electrons. The molecule has 1 aliphatic carbocycles. The van der Waals surface area contributed by atoms with Crippen molar-refractivity contribution in [2.75, 3.05) is 39.8 Å². The van der Waals surface area contributed by atoms with Crippen molar-refractivity contribution >= 4 is 5.91 Å². The summed E-state index contributed by atoms with van der Waals surface area (Å²) < 4.78 is 19.0. The summed E-state index contributed by atoms with van der Waals surface area (Å²) in [5.41, 5.74) is 3.49. The van der Waals surface area contributed by atoms with Crippen LogP contribution in [0.2, 0.25) is 0 Å². The van der Waals surface area contributed by atoms with E-state index in [-0.39, 0.29) is 17.8 Å². The van der Waals surface area contributed by atoms with Crippen molar-refractivity contribution in [2.24, 2.45) is 0 Å². The van der Waals surface area contributed by atoms with Gasteiger partial charge in [-0.1, -0.05) is 24.3 Å². The van der Waals surface area contributed by atoms with Crippen LogP contribution in [-0.2, 0) is 17.8 Å². The Bertz CT molecular complexity index is 881. The van der Waals surface area contributed by atoms with Crippen LogP contribution >= 0.6 is 0 Å². The number of aryl methyl sites for hydroxylation is 1. The molecule has 0 saturated carbocycles. The number of rotatable bonds is 6. The number of hydrogen-bond acceptors (Lipinski definition) is 4. The molecule has 0 aromatic heterocycles. The SMILES string of the molecule is COc1ccc(F)cc1CN1CCN(CC(=O)N[C@H]2CCCc3ccccc32)CC1. The number of nitrogens with zero attached hydrogens (tertiary/aromatic N) is 2. The van der Waals surface area contributed by atoms with Crippen molar-refractivity contribution in [1.29, 1.82) is 0 Å². The summed E-state index contributed by atoms with van der Waals surface area (Å²) in [4.78, 5) is 17.1. The Morgan fingerprint density at radius 1 is 1.13 bits per heavy atom. The third-order valence-electron chi connectivity index (χ3n) is 6.17. The van der Waals surface area contributed by atoms with Crippen molar-refractivity contribution < 1.29 is 13.9 Å². The molecule has 2 aromatic rings. The Balaban J connectivity index is 1.26. The first-order chi connectivity index (χ1) is 14.6. The zero-order valence-corrected chi connectivity index (χ0v) is 17.6. The van der Waals surface area contributed by atoms with Gasteiger partial charge in [0.05, 0.1) is 19.7 Å². The summed E-state index contributed by atoms with van der Waals surface area (Å²) in [7, 11) is 1.61. The first-order valence-electron chi connectivity index (χ1n) is 10.8. The van der Waals surface area contributed by atoms with Crippen LogP contribution in [0.3, 0.4) is 0 Å². The van der Waals surface area contributed by atoms with E-state index in [0.717, 1.165) is 51.0 Å². The summed E-state index contributed by atoms with van der Waals surface area (Å²) in [5.74, 6) is 0.563. The summed E-state index contributed by atoms with van der Waals surface area (Å²) >= 11 is 0. The van der Waals surface area contributed by atoms with Crippen molar-refractivity contribution in [3.63, 3.8) is 0 Å². The number of carbonyl (C=O) groups is 1. The number of amides is 1. The number of fused-ring (bicyclic) bond motifs is 1. The van der Waals surface area contributed by atoms with Gasteiger partial charge >= 0.3 is 0 Å². The van der Waals surface area contributed by atoms with Crippen molar-refractivity contribution in [3.05, 3.63) is 65.0 Å². The molecule has 1 saturated heterocycles. The second-order valence-electron chi connectivity index (χ2n) is 8.22. The standard InChI is InChI=1S/C24H30FN3O2/c1-30-23-10-9-20(25)15-19(23)16-27-11-13-28(14-12-27)17-24(29)26-22-8-4-6-18-5-2-3-7-21(18)22/h2-3,5,7,9-10,15,22H,4,6,8,11-14,16-17H2,1H3,(H,26,29)/t22-/m0/s1. The molecule has 2 aromatic carbocycles. The molecule has 5 nitrogen and oxygen atoms in total. The average Bonchev–Trinajstić information content (AvgIpc) is 2.75. The summed E-state index contributed by atoms with van der Waals surface area (Å²) in [6, 6.07) is 13.2. The number of halogens is 1. The van der Waals surface area contributed by atoms with Gasteiger partial charge in [-0.15, -0.1) is 0 Å². The summed E-state index contributed by atoms with van der Waals surface area (Å²) in [5, 5.41) is 3.24. The fourth-order valence-electron chi connectivity index (χ4n) is 4.56. The predicted molar refractivity (Wildman–Crippen MR) is 115 cm³/mol. The molecule has 1 fully saturated rings. The fourth-order valence-corrected chi connectivity index (χ4v) is 4.56. The lowest BCUT2D eigenvalue weighted by molar-refractivity contribution is -0.123. The van der Waals surface area contributed by atoms with Gasteiger partial charge in [0.2, 0.25) is 5.91 Å². The van der Waals surface area contributed by atoms with Crippen LogP contribution < -0.4 is 10.1 Å². The number of methoxy groups -OCH3 is 1. The van der Waals surface area contributed by atoms with Gasteiger partial charge in [-0.3, -0.25) is 14.6 Å². The Kier molecular flexibility index (Phi) is 6.65. The maximum absolute atomic E-state index is 13.6. The molecule has 0 radical (unpaired) electrons. The molecular weight excluding hydrogens is 381 g/mol. The molecular formula is C24H30FN3O2.